The van der Waals surface area contributed by atoms with Crippen LogP contribution in [0.15, 0.2) is 35.7 Å². The second kappa shape index (κ2) is 4.11. The highest BCUT2D eigenvalue weighted by Crippen LogP contribution is 2.44. The third kappa shape index (κ3) is 1.43. The van der Waals surface area contributed by atoms with E-state index in [0.717, 1.165) is 17.5 Å². The van der Waals surface area contributed by atoms with Gasteiger partial charge in [-0.15, -0.1) is 0 Å². The molecule has 1 aromatic heterocycles. The minimum atomic E-state index is -0.0740. The van der Waals surface area contributed by atoms with E-state index < -0.39 is 0 Å². The van der Waals surface area contributed by atoms with Crippen LogP contribution in [0.1, 0.15) is 17.0 Å². The number of aliphatic hydroxyl groups excluding tert-OH is 2. The summed E-state index contributed by atoms with van der Waals surface area (Å²) in [6.07, 6.45) is 3.02. The van der Waals surface area contributed by atoms with Gasteiger partial charge in [0.2, 0.25) is 0 Å². The van der Waals surface area contributed by atoms with Gasteiger partial charge < -0.3 is 15.2 Å². The Hall–Kier alpha value is -1.78. The van der Waals surface area contributed by atoms with E-state index in [1.165, 1.54) is 16.5 Å². The SMILES string of the molecule is CN1CC(CO)=C(O)C2c3cccc4[nH]cc(c34)CC21. The van der Waals surface area contributed by atoms with Gasteiger partial charge in [0.1, 0.15) is 5.76 Å². The van der Waals surface area contributed by atoms with Crippen LogP contribution in [0.2, 0.25) is 0 Å². The Morgan fingerprint density at radius 2 is 2.25 bits per heavy atom. The molecule has 2 atom stereocenters. The minimum Gasteiger partial charge on any atom is -0.512 e. The number of fused-ring (bicyclic) bond motifs is 2. The molecular formula is C16H18N2O2. The van der Waals surface area contributed by atoms with Crippen LogP contribution in [0.4, 0.5) is 0 Å². The van der Waals surface area contributed by atoms with Crippen molar-refractivity contribution < 1.29 is 10.2 Å². The molecule has 0 fully saturated rings. The highest BCUT2D eigenvalue weighted by Gasteiger charge is 2.40. The molecule has 4 heteroatoms. The molecule has 4 nitrogen and oxygen atoms in total. The molecule has 1 aliphatic heterocycles. The molecule has 0 spiro atoms. The number of aromatic amines is 1. The fourth-order valence-electron chi connectivity index (χ4n) is 3.85. The van der Waals surface area contributed by atoms with Crippen molar-refractivity contribution in [1.29, 1.82) is 0 Å². The van der Waals surface area contributed by atoms with Crippen LogP contribution in [0.25, 0.3) is 10.9 Å². The standard InChI is InChI=1S/C16H18N2O2/c1-18-7-10(8-19)16(20)15-11-3-2-4-12-14(11)9(6-17-12)5-13(15)18/h2-4,6,13,15,17,19-20H,5,7-8H2,1H3. The molecule has 104 valence electrons. The highest BCUT2D eigenvalue weighted by molar-refractivity contribution is 5.88. The summed E-state index contributed by atoms with van der Waals surface area (Å²) in [5, 5.41) is 21.3. The van der Waals surface area contributed by atoms with E-state index in [-0.39, 0.29) is 18.6 Å². The first-order chi connectivity index (χ1) is 9.70. The summed E-state index contributed by atoms with van der Waals surface area (Å²) >= 11 is 0. The van der Waals surface area contributed by atoms with Gasteiger partial charge in [-0.25, -0.2) is 0 Å². The van der Waals surface area contributed by atoms with E-state index in [1.54, 1.807) is 0 Å². The molecule has 2 heterocycles. The molecule has 0 amide bonds. The Bertz CT molecular complexity index is 716. The molecule has 2 aromatic rings. The first kappa shape index (κ1) is 12.0. The predicted octanol–water partition coefficient (Wildman–Crippen LogP) is 1.93. The summed E-state index contributed by atoms with van der Waals surface area (Å²) in [6, 6.07) is 6.46. The molecule has 20 heavy (non-hydrogen) atoms. The average molecular weight is 270 g/mol. The molecule has 1 aromatic carbocycles. The molecule has 3 N–H and O–H groups in total. The third-order valence-corrected chi connectivity index (χ3v) is 4.82. The smallest absolute Gasteiger partial charge is 0.104 e. The summed E-state index contributed by atoms with van der Waals surface area (Å²) in [7, 11) is 2.07. The van der Waals surface area contributed by atoms with Gasteiger partial charge in [-0.3, -0.25) is 4.90 Å². The van der Waals surface area contributed by atoms with Crippen LogP contribution in [-0.4, -0.2) is 46.3 Å². The fourth-order valence-corrected chi connectivity index (χ4v) is 3.85. The topological polar surface area (TPSA) is 59.5 Å². The molecule has 0 saturated carbocycles. The Balaban J connectivity index is 1.99. The summed E-state index contributed by atoms with van der Waals surface area (Å²) in [5.74, 6) is 0.345. The highest BCUT2D eigenvalue weighted by atomic mass is 16.3. The van der Waals surface area contributed by atoms with E-state index in [2.05, 4.69) is 35.3 Å². The van der Waals surface area contributed by atoms with Crippen molar-refractivity contribution in [3.05, 3.63) is 46.9 Å². The van der Waals surface area contributed by atoms with Crippen molar-refractivity contribution in [3.8, 4) is 0 Å². The molecule has 0 saturated heterocycles. The van der Waals surface area contributed by atoms with Crippen molar-refractivity contribution in [2.24, 2.45) is 0 Å². The van der Waals surface area contributed by atoms with Gasteiger partial charge in [0, 0.05) is 35.3 Å². The zero-order chi connectivity index (χ0) is 13.9. The summed E-state index contributed by atoms with van der Waals surface area (Å²) in [6.45, 7) is 0.564. The molecule has 0 radical (unpaired) electrons. The predicted molar refractivity (Wildman–Crippen MR) is 77.9 cm³/mol. The quantitative estimate of drug-likeness (QED) is 0.742. The van der Waals surface area contributed by atoms with Gasteiger partial charge in [0.25, 0.3) is 0 Å². The second-order valence-electron chi connectivity index (χ2n) is 5.89. The lowest BCUT2D eigenvalue weighted by molar-refractivity contribution is 0.162. The lowest BCUT2D eigenvalue weighted by Crippen LogP contribution is -2.46. The maximum Gasteiger partial charge on any atom is 0.104 e. The number of benzene rings is 1. The number of hydrogen-bond donors (Lipinski definition) is 3. The van der Waals surface area contributed by atoms with Crippen LogP contribution in [0, 0.1) is 0 Å². The van der Waals surface area contributed by atoms with Gasteiger partial charge >= 0.3 is 0 Å². The monoisotopic (exact) mass is 270 g/mol. The lowest BCUT2D eigenvalue weighted by atomic mass is 9.75. The average Bonchev–Trinajstić information content (AvgIpc) is 2.87. The van der Waals surface area contributed by atoms with Gasteiger partial charge in [-0.05, 0) is 30.7 Å². The fraction of sp³-hybridized carbons (Fsp3) is 0.375. The first-order valence-electron chi connectivity index (χ1n) is 7.01. The van der Waals surface area contributed by atoms with Crippen LogP contribution < -0.4 is 0 Å². The zero-order valence-electron chi connectivity index (χ0n) is 11.4. The van der Waals surface area contributed by atoms with Crippen molar-refractivity contribution in [1.82, 2.24) is 9.88 Å². The Morgan fingerprint density at radius 1 is 1.40 bits per heavy atom. The van der Waals surface area contributed by atoms with Gasteiger partial charge in [0.15, 0.2) is 0 Å². The van der Waals surface area contributed by atoms with Crippen LogP contribution in [0.5, 0.6) is 0 Å². The van der Waals surface area contributed by atoms with E-state index >= 15 is 0 Å². The van der Waals surface area contributed by atoms with E-state index in [9.17, 15) is 10.2 Å². The normalized spacial score (nSPS) is 26.1. The number of rotatable bonds is 1. The van der Waals surface area contributed by atoms with Crippen molar-refractivity contribution in [3.63, 3.8) is 0 Å². The largest absolute Gasteiger partial charge is 0.512 e. The Labute approximate surface area is 117 Å². The number of H-pyrrole nitrogens is 1. The van der Waals surface area contributed by atoms with Crippen molar-refractivity contribution in [2.45, 2.75) is 18.4 Å². The lowest BCUT2D eigenvalue weighted by Gasteiger charge is -2.42. The number of likely N-dealkylation sites (N-methyl/N-ethyl adjacent to an activating group) is 1. The van der Waals surface area contributed by atoms with E-state index in [4.69, 9.17) is 0 Å². The number of nitrogens with one attached hydrogen (secondary N) is 1. The van der Waals surface area contributed by atoms with Gasteiger partial charge in [-0.2, -0.15) is 0 Å². The van der Waals surface area contributed by atoms with E-state index in [0.29, 0.717) is 12.3 Å². The molecule has 2 aliphatic rings. The molecule has 4 rings (SSSR count). The van der Waals surface area contributed by atoms with E-state index in [1.807, 2.05) is 6.07 Å². The van der Waals surface area contributed by atoms with Crippen molar-refractivity contribution >= 4 is 10.9 Å². The van der Waals surface area contributed by atoms with Gasteiger partial charge in [0.05, 0.1) is 12.5 Å². The molecule has 0 bridgehead atoms. The maximum absolute atomic E-state index is 10.6. The maximum atomic E-state index is 10.6. The van der Waals surface area contributed by atoms with Crippen LogP contribution in [-0.2, 0) is 6.42 Å². The molecular weight excluding hydrogens is 252 g/mol. The summed E-state index contributed by atoms with van der Waals surface area (Å²) in [5.41, 5.74) is 4.36. The zero-order valence-corrected chi connectivity index (χ0v) is 11.4. The minimum absolute atomic E-state index is 0.0251. The van der Waals surface area contributed by atoms with Gasteiger partial charge in [-0.1, -0.05) is 12.1 Å². The Morgan fingerprint density at radius 3 is 3.05 bits per heavy atom. The van der Waals surface area contributed by atoms with Crippen LogP contribution >= 0.6 is 0 Å². The molecule has 2 unspecified atom stereocenters. The Kier molecular flexibility index (Phi) is 2.46. The third-order valence-electron chi connectivity index (χ3n) is 4.82. The summed E-state index contributed by atoms with van der Waals surface area (Å²) in [4.78, 5) is 5.56. The number of nitrogens with zero attached hydrogens (tertiary/aromatic N) is 1. The number of hydrogen-bond acceptors (Lipinski definition) is 3. The molecule has 1 aliphatic carbocycles. The first-order valence-corrected chi connectivity index (χ1v) is 7.01. The number of aliphatic hydroxyl groups is 2. The second-order valence-corrected chi connectivity index (χ2v) is 5.89. The number of aromatic nitrogens is 1. The summed E-state index contributed by atoms with van der Waals surface area (Å²) < 4.78 is 0. The van der Waals surface area contributed by atoms with Crippen LogP contribution in [0.3, 0.4) is 0 Å². The van der Waals surface area contributed by atoms with Crippen molar-refractivity contribution in [2.75, 3.05) is 20.2 Å².